The van der Waals surface area contributed by atoms with E-state index in [0.29, 0.717) is 0 Å². The van der Waals surface area contributed by atoms with Crippen LogP contribution in [0.15, 0.2) is 12.2 Å². The van der Waals surface area contributed by atoms with Gasteiger partial charge in [-0.25, -0.2) is 4.79 Å². The van der Waals surface area contributed by atoms with Crippen molar-refractivity contribution in [2.24, 2.45) is 5.92 Å². The van der Waals surface area contributed by atoms with Crippen LogP contribution in [0.1, 0.15) is 6.92 Å². The summed E-state index contributed by atoms with van der Waals surface area (Å²) in [6.45, 7) is 5.09. The van der Waals surface area contributed by atoms with E-state index in [1.54, 1.807) is 0 Å². The predicted molar refractivity (Wildman–Crippen MR) is 63.9 cm³/mol. The fourth-order valence-electron chi connectivity index (χ4n) is 1.71. The SMILES string of the molecule is C=C(C)C(=O)OCCN1CC(C(=O)OC)C(O)C1=O. The minimum Gasteiger partial charge on any atom is -0.469 e. The summed E-state index contributed by atoms with van der Waals surface area (Å²) >= 11 is 0. The molecule has 1 N–H and O–H groups in total. The second-order valence-corrected chi connectivity index (χ2v) is 4.27. The van der Waals surface area contributed by atoms with E-state index < -0.39 is 29.9 Å². The second-order valence-electron chi connectivity index (χ2n) is 4.27. The van der Waals surface area contributed by atoms with Gasteiger partial charge in [-0.05, 0) is 6.92 Å². The van der Waals surface area contributed by atoms with E-state index in [9.17, 15) is 19.5 Å². The van der Waals surface area contributed by atoms with Gasteiger partial charge in [0.15, 0.2) is 0 Å². The van der Waals surface area contributed by atoms with Crippen molar-refractivity contribution in [2.45, 2.75) is 13.0 Å². The molecule has 0 bridgehead atoms. The molecule has 1 rings (SSSR count). The number of methoxy groups -OCH3 is 1. The number of ether oxygens (including phenoxy) is 2. The number of esters is 2. The summed E-state index contributed by atoms with van der Waals surface area (Å²) < 4.78 is 9.34. The van der Waals surface area contributed by atoms with Crippen molar-refractivity contribution in [3.63, 3.8) is 0 Å². The van der Waals surface area contributed by atoms with Crippen LogP contribution in [0, 0.1) is 5.92 Å². The summed E-state index contributed by atoms with van der Waals surface area (Å²) in [4.78, 5) is 35.4. The second kappa shape index (κ2) is 6.33. The molecule has 1 aliphatic heterocycles. The summed E-state index contributed by atoms with van der Waals surface area (Å²) in [5.74, 6) is -2.64. The normalized spacial score (nSPS) is 22.3. The quantitative estimate of drug-likeness (QED) is 0.514. The van der Waals surface area contributed by atoms with E-state index in [1.165, 1.54) is 18.9 Å². The molecule has 1 aliphatic rings. The lowest BCUT2D eigenvalue weighted by Gasteiger charge is -2.15. The number of hydrogen-bond acceptors (Lipinski definition) is 6. The average Bonchev–Trinajstić information content (AvgIpc) is 2.66. The summed E-state index contributed by atoms with van der Waals surface area (Å²) in [6, 6.07) is 0. The Labute approximate surface area is 110 Å². The van der Waals surface area contributed by atoms with Gasteiger partial charge in [0.25, 0.3) is 5.91 Å². The zero-order chi connectivity index (χ0) is 14.6. The smallest absolute Gasteiger partial charge is 0.333 e. The summed E-state index contributed by atoms with van der Waals surface area (Å²) in [5, 5.41) is 9.61. The van der Waals surface area contributed by atoms with Gasteiger partial charge >= 0.3 is 11.9 Å². The van der Waals surface area contributed by atoms with Gasteiger partial charge in [0.1, 0.15) is 18.6 Å². The first kappa shape index (κ1) is 15.2. The maximum atomic E-state index is 11.7. The number of carbonyl (C=O) groups is 3. The Morgan fingerprint density at radius 2 is 2.16 bits per heavy atom. The highest BCUT2D eigenvalue weighted by Crippen LogP contribution is 2.19. The van der Waals surface area contributed by atoms with E-state index >= 15 is 0 Å². The van der Waals surface area contributed by atoms with Crippen molar-refractivity contribution in [3.05, 3.63) is 12.2 Å². The highest BCUT2D eigenvalue weighted by atomic mass is 16.5. The van der Waals surface area contributed by atoms with Gasteiger partial charge in [-0.15, -0.1) is 0 Å². The van der Waals surface area contributed by atoms with E-state index in [2.05, 4.69) is 11.3 Å². The number of hydrogen-bond donors (Lipinski definition) is 1. The minimum atomic E-state index is -1.40. The topological polar surface area (TPSA) is 93.1 Å². The van der Waals surface area contributed by atoms with Crippen molar-refractivity contribution in [3.8, 4) is 0 Å². The van der Waals surface area contributed by atoms with Crippen LogP contribution in [0.5, 0.6) is 0 Å². The molecule has 0 radical (unpaired) electrons. The third-order valence-electron chi connectivity index (χ3n) is 2.81. The van der Waals surface area contributed by atoms with Crippen LogP contribution in [0.25, 0.3) is 0 Å². The van der Waals surface area contributed by atoms with Crippen LogP contribution in [-0.2, 0) is 23.9 Å². The standard InChI is InChI=1S/C12H17NO6/c1-7(2)11(16)19-5-4-13-6-8(12(17)18-3)9(14)10(13)15/h8-9,14H,1,4-6H2,2-3H3. The molecule has 106 valence electrons. The first-order valence-electron chi connectivity index (χ1n) is 5.75. The Bertz CT molecular complexity index is 405. The molecular formula is C12H17NO6. The molecule has 0 aromatic rings. The fourth-order valence-corrected chi connectivity index (χ4v) is 1.71. The lowest BCUT2D eigenvalue weighted by molar-refractivity contribution is -0.150. The molecule has 7 heteroatoms. The van der Waals surface area contributed by atoms with Gasteiger partial charge in [-0.3, -0.25) is 9.59 Å². The van der Waals surface area contributed by atoms with Crippen LogP contribution in [0.2, 0.25) is 0 Å². The van der Waals surface area contributed by atoms with Crippen LogP contribution < -0.4 is 0 Å². The Morgan fingerprint density at radius 3 is 2.68 bits per heavy atom. The Hall–Kier alpha value is -1.89. The van der Waals surface area contributed by atoms with Crippen molar-refractivity contribution < 1.29 is 29.0 Å². The summed E-state index contributed by atoms with van der Waals surface area (Å²) in [7, 11) is 1.19. The first-order valence-corrected chi connectivity index (χ1v) is 5.75. The molecule has 0 aromatic carbocycles. The molecule has 7 nitrogen and oxygen atoms in total. The highest BCUT2D eigenvalue weighted by Gasteiger charge is 2.43. The van der Waals surface area contributed by atoms with Crippen molar-refractivity contribution in [2.75, 3.05) is 26.8 Å². The van der Waals surface area contributed by atoms with Crippen LogP contribution >= 0.6 is 0 Å². The zero-order valence-corrected chi connectivity index (χ0v) is 10.9. The van der Waals surface area contributed by atoms with E-state index in [1.807, 2.05) is 0 Å². The number of amides is 1. The number of carbonyl (C=O) groups excluding carboxylic acids is 3. The Kier molecular flexibility index (Phi) is 5.05. The molecule has 0 aliphatic carbocycles. The molecule has 1 heterocycles. The van der Waals surface area contributed by atoms with Gasteiger partial charge in [0, 0.05) is 12.1 Å². The van der Waals surface area contributed by atoms with Crippen LogP contribution in [0.4, 0.5) is 0 Å². The summed E-state index contributed by atoms with van der Waals surface area (Å²) in [6.07, 6.45) is -1.40. The third kappa shape index (κ3) is 3.54. The van der Waals surface area contributed by atoms with Gasteiger partial charge in [-0.1, -0.05) is 6.58 Å². The minimum absolute atomic E-state index is 0.0158. The third-order valence-corrected chi connectivity index (χ3v) is 2.81. The molecule has 2 atom stereocenters. The van der Waals surface area contributed by atoms with E-state index in [-0.39, 0.29) is 25.3 Å². The Balaban J connectivity index is 2.48. The molecule has 19 heavy (non-hydrogen) atoms. The van der Waals surface area contributed by atoms with Crippen molar-refractivity contribution in [1.29, 1.82) is 0 Å². The van der Waals surface area contributed by atoms with E-state index in [0.717, 1.165) is 0 Å². The lowest BCUT2D eigenvalue weighted by Crippen LogP contribution is -2.33. The van der Waals surface area contributed by atoms with E-state index in [4.69, 9.17) is 4.74 Å². The van der Waals surface area contributed by atoms with Gasteiger partial charge in [-0.2, -0.15) is 0 Å². The Morgan fingerprint density at radius 1 is 1.53 bits per heavy atom. The average molecular weight is 271 g/mol. The molecular weight excluding hydrogens is 254 g/mol. The number of aliphatic hydroxyl groups excluding tert-OH is 1. The van der Waals surface area contributed by atoms with Gasteiger partial charge in [0.05, 0.1) is 13.7 Å². The maximum absolute atomic E-state index is 11.7. The molecule has 2 unspecified atom stereocenters. The summed E-state index contributed by atoms with van der Waals surface area (Å²) in [5.41, 5.74) is 0.264. The molecule has 0 aromatic heterocycles. The largest absolute Gasteiger partial charge is 0.469 e. The zero-order valence-electron chi connectivity index (χ0n) is 10.9. The number of likely N-dealkylation sites (tertiary alicyclic amines) is 1. The molecule has 0 saturated carbocycles. The number of nitrogens with zero attached hydrogens (tertiary/aromatic N) is 1. The highest BCUT2D eigenvalue weighted by molar-refractivity contribution is 5.90. The lowest BCUT2D eigenvalue weighted by atomic mass is 10.1. The molecule has 1 fully saturated rings. The van der Waals surface area contributed by atoms with Crippen molar-refractivity contribution >= 4 is 17.8 Å². The first-order chi connectivity index (χ1) is 8.88. The number of aliphatic hydroxyl groups is 1. The van der Waals surface area contributed by atoms with Crippen LogP contribution in [-0.4, -0.2) is 60.8 Å². The fraction of sp³-hybridized carbons (Fsp3) is 0.583. The van der Waals surface area contributed by atoms with Crippen molar-refractivity contribution in [1.82, 2.24) is 4.90 Å². The maximum Gasteiger partial charge on any atom is 0.333 e. The molecule has 0 spiro atoms. The number of rotatable bonds is 5. The van der Waals surface area contributed by atoms with Crippen LogP contribution in [0.3, 0.4) is 0 Å². The molecule has 1 saturated heterocycles. The van der Waals surface area contributed by atoms with Gasteiger partial charge in [0.2, 0.25) is 0 Å². The molecule has 1 amide bonds. The van der Waals surface area contributed by atoms with Gasteiger partial charge < -0.3 is 19.5 Å². The predicted octanol–water partition coefficient (Wildman–Crippen LogP) is -0.902. The monoisotopic (exact) mass is 271 g/mol.